The van der Waals surface area contributed by atoms with E-state index in [1.54, 1.807) is 0 Å². The maximum absolute atomic E-state index is 2.41. The number of fused-ring (bicyclic) bond motifs is 1. The zero-order valence-electron chi connectivity index (χ0n) is 7.73. The lowest BCUT2D eigenvalue weighted by atomic mass is 10.2. The maximum atomic E-state index is 2.41. The van der Waals surface area contributed by atoms with Crippen molar-refractivity contribution in [2.75, 3.05) is 0 Å². The van der Waals surface area contributed by atoms with Gasteiger partial charge < -0.3 is 0 Å². The Balaban J connectivity index is 2.80. The number of hydrogen-bond acceptors (Lipinski definition) is 1. The molecule has 0 bridgehead atoms. The molecule has 13 heavy (non-hydrogen) atoms. The Bertz CT molecular complexity index is 404. The highest BCUT2D eigenvalue weighted by Gasteiger charge is 2.05. The van der Waals surface area contributed by atoms with Crippen molar-refractivity contribution >= 4 is 44.0 Å². The van der Waals surface area contributed by atoms with E-state index >= 15 is 0 Å². The first-order valence-corrected chi connectivity index (χ1v) is 6.29. The van der Waals surface area contributed by atoms with Crippen molar-refractivity contribution in [3.8, 4) is 0 Å². The van der Waals surface area contributed by atoms with Crippen LogP contribution in [0.5, 0.6) is 0 Å². The molecule has 0 nitrogen and oxygen atoms in total. The summed E-state index contributed by atoms with van der Waals surface area (Å²) < 4.78 is 2.83. The molecule has 0 atom stereocenters. The second kappa shape index (κ2) is 3.58. The molecule has 0 aliphatic carbocycles. The van der Waals surface area contributed by atoms with Gasteiger partial charge in [-0.05, 0) is 53.6 Å². The van der Waals surface area contributed by atoms with Crippen LogP contribution >= 0.6 is 33.9 Å². The first-order chi connectivity index (χ1) is 6.22. The van der Waals surface area contributed by atoms with Crippen molar-refractivity contribution in [2.45, 2.75) is 20.3 Å². The molecule has 2 aromatic rings. The van der Waals surface area contributed by atoms with Crippen molar-refractivity contribution in [3.05, 3.63) is 32.2 Å². The van der Waals surface area contributed by atoms with Crippen molar-refractivity contribution in [2.24, 2.45) is 0 Å². The van der Waals surface area contributed by atoms with E-state index in [0.717, 1.165) is 6.42 Å². The summed E-state index contributed by atoms with van der Waals surface area (Å²) in [5.74, 6) is 0. The Labute approximate surface area is 96.1 Å². The van der Waals surface area contributed by atoms with Gasteiger partial charge in [-0.3, -0.25) is 0 Å². The highest BCUT2D eigenvalue weighted by molar-refractivity contribution is 14.1. The molecule has 0 amide bonds. The Morgan fingerprint density at radius 3 is 2.77 bits per heavy atom. The first kappa shape index (κ1) is 9.46. The van der Waals surface area contributed by atoms with Gasteiger partial charge in [0.25, 0.3) is 0 Å². The molecule has 0 N–H and O–H groups in total. The van der Waals surface area contributed by atoms with Gasteiger partial charge in [-0.15, -0.1) is 11.3 Å². The Hall–Kier alpha value is -0.0900. The number of hydrogen-bond donors (Lipinski definition) is 0. The Morgan fingerprint density at radius 1 is 1.38 bits per heavy atom. The molecular weight excluding hydrogens is 291 g/mol. The number of halogens is 1. The third kappa shape index (κ3) is 1.62. The first-order valence-electron chi connectivity index (χ1n) is 4.40. The van der Waals surface area contributed by atoms with Gasteiger partial charge in [-0.25, -0.2) is 0 Å². The normalized spacial score (nSPS) is 11.0. The van der Waals surface area contributed by atoms with E-state index in [9.17, 15) is 0 Å². The summed E-state index contributed by atoms with van der Waals surface area (Å²) in [5, 5.41) is 1.43. The topological polar surface area (TPSA) is 0 Å². The van der Waals surface area contributed by atoms with E-state index in [1.165, 1.54) is 24.1 Å². The monoisotopic (exact) mass is 302 g/mol. The maximum Gasteiger partial charge on any atom is 0.0385 e. The van der Waals surface area contributed by atoms with Crippen molar-refractivity contribution in [3.63, 3.8) is 0 Å². The minimum absolute atomic E-state index is 1.15. The zero-order valence-corrected chi connectivity index (χ0v) is 10.7. The van der Waals surface area contributed by atoms with Crippen molar-refractivity contribution in [1.82, 2.24) is 0 Å². The van der Waals surface area contributed by atoms with Crippen LogP contribution in [0.4, 0.5) is 0 Å². The quantitative estimate of drug-likeness (QED) is 0.686. The summed E-state index contributed by atoms with van der Waals surface area (Å²) in [4.78, 5) is 1.49. The molecule has 0 aliphatic rings. The van der Waals surface area contributed by atoms with Gasteiger partial charge in [0.2, 0.25) is 0 Å². The number of rotatable bonds is 1. The molecule has 68 valence electrons. The summed E-state index contributed by atoms with van der Waals surface area (Å²) in [7, 11) is 0. The average Bonchev–Trinajstić information content (AvgIpc) is 2.56. The Kier molecular flexibility index (Phi) is 2.60. The zero-order chi connectivity index (χ0) is 9.42. The largest absolute Gasteiger partial charge is 0.140 e. The SMILES string of the molecule is CCc1cc2c(I)ccc(C)c2s1. The highest BCUT2D eigenvalue weighted by atomic mass is 127. The summed E-state index contributed by atoms with van der Waals surface area (Å²) in [6, 6.07) is 6.74. The van der Waals surface area contributed by atoms with E-state index in [0.29, 0.717) is 0 Å². The fourth-order valence-corrected chi connectivity index (χ4v) is 3.33. The van der Waals surface area contributed by atoms with E-state index in [2.05, 4.69) is 54.6 Å². The minimum atomic E-state index is 1.15. The molecule has 2 rings (SSSR count). The molecule has 0 radical (unpaired) electrons. The summed E-state index contributed by atoms with van der Waals surface area (Å²) >= 11 is 4.34. The van der Waals surface area contributed by atoms with E-state index in [4.69, 9.17) is 0 Å². The lowest BCUT2D eigenvalue weighted by Crippen LogP contribution is -1.75. The smallest absolute Gasteiger partial charge is 0.0385 e. The van der Waals surface area contributed by atoms with Gasteiger partial charge in [0.1, 0.15) is 0 Å². The van der Waals surface area contributed by atoms with Crippen molar-refractivity contribution in [1.29, 1.82) is 0 Å². The van der Waals surface area contributed by atoms with E-state index in [-0.39, 0.29) is 0 Å². The summed E-state index contributed by atoms with van der Waals surface area (Å²) in [6.07, 6.45) is 1.15. The molecule has 0 saturated carbocycles. The van der Waals surface area contributed by atoms with Crippen LogP contribution in [0, 0.1) is 10.5 Å². The van der Waals surface area contributed by atoms with Crippen LogP contribution in [-0.2, 0) is 6.42 Å². The van der Waals surface area contributed by atoms with Gasteiger partial charge in [-0.2, -0.15) is 0 Å². The second-order valence-electron chi connectivity index (χ2n) is 3.17. The fourth-order valence-electron chi connectivity index (χ4n) is 1.45. The molecule has 0 fully saturated rings. The molecular formula is C11H11IS. The standard InChI is InChI=1S/C11H11IS/c1-3-8-6-9-10(12)5-4-7(2)11(9)13-8/h4-6H,3H2,1-2H3. The second-order valence-corrected chi connectivity index (χ2v) is 5.47. The molecule has 0 aliphatic heterocycles. The van der Waals surface area contributed by atoms with Crippen LogP contribution in [0.2, 0.25) is 0 Å². The molecule has 0 unspecified atom stereocenters. The predicted molar refractivity (Wildman–Crippen MR) is 68.7 cm³/mol. The van der Waals surface area contributed by atoms with Gasteiger partial charge in [-0.1, -0.05) is 13.0 Å². The van der Waals surface area contributed by atoms with E-state index in [1.807, 2.05) is 11.3 Å². The van der Waals surface area contributed by atoms with Crippen LogP contribution in [0.15, 0.2) is 18.2 Å². The van der Waals surface area contributed by atoms with E-state index < -0.39 is 0 Å². The molecule has 0 saturated heterocycles. The van der Waals surface area contributed by atoms with Gasteiger partial charge in [0.15, 0.2) is 0 Å². The average molecular weight is 302 g/mol. The molecule has 2 heteroatoms. The van der Waals surface area contributed by atoms with Gasteiger partial charge in [0.05, 0.1) is 0 Å². The number of benzene rings is 1. The molecule has 1 aromatic heterocycles. The summed E-state index contributed by atoms with van der Waals surface area (Å²) in [6.45, 7) is 4.40. The van der Waals surface area contributed by atoms with Crippen LogP contribution < -0.4 is 0 Å². The predicted octanol–water partition coefficient (Wildman–Crippen LogP) is 4.38. The van der Waals surface area contributed by atoms with Gasteiger partial charge >= 0.3 is 0 Å². The third-order valence-electron chi connectivity index (χ3n) is 2.23. The Morgan fingerprint density at radius 2 is 2.15 bits per heavy atom. The van der Waals surface area contributed by atoms with Crippen LogP contribution in [0.1, 0.15) is 17.4 Å². The van der Waals surface area contributed by atoms with Crippen LogP contribution in [0.25, 0.3) is 10.1 Å². The molecule has 1 heterocycles. The number of aryl methyl sites for hydroxylation is 2. The van der Waals surface area contributed by atoms with Crippen LogP contribution in [-0.4, -0.2) is 0 Å². The fraction of sp³-hybridized carbons (Fsp3) is 0.273. The summed E-state index contributed by atoms with van der Waals surface area (Å²) in [5.41, 5.74) is 1.40. The lowest BCUT2D eigenvalue weighted by molar-refractivity contribution is 1.19. The number of thiophene rings is 1. The molecule has 0 spiro atoms. The van der Waals surface area contributed by atoms with Crippen LogP contribution in [0.3, 0.4) is 0 Å². The van der Waals surface area contributed by atoms with Crippen molar-refractivity contribution < 1.29 is 0 Å². The minimum Gasteiger partial charge on any atom is -0.140 e. The lowest BCUT2D eigenvalue weighted by Gasteiger charge is -1.96. The van der Waals surface area contributed by atoms with Gasteiger partial charge in [0, 0.05) is 18.5 Å². The third-order valence-corrected chi connectivity index (χ3v) is 4.58. The molecule has 1 aromatic carbocycles. The highest BCUT2D eigenvalue weighted by Crippen LogP contribution is 2.31.